The maximum absolute atomic E-state index is 13.1. The van der Waals surface area contributed by atoms with Crippen molar-refractivity contribution in [2.24, 2.45) is 0 Å². The third-order valence-corrected chi connectivity index (χ3v) is 2.44. The van der Waals surface area contributed by atoms with Crippen molar-refractivity contribution in [1.29, 1.82) is 0 Å². The van der Waals surface area contributed by atoms with Crippen LogP contribution in [0.4, 0.5) is 4.39 Å². The number of carbonyl (C=O) groups is 1. The van der Waals surface area contributed by atoms with Gasteiger partial charge in [0.15, 0.2) is 17.9 Å². The van der Waals surface area contributed by atoms with E-state index < -0.39 is 11.6 Å². The van der Waals surface area contributed by atoms with Crippen LogP contribution in [0, 0.1) is 5.82 Å². The molecule has 2 rings (SSSR count). The first-order valence-electron chi connectivity index (χ1n) is 4.89. The molecule has 0 atom stereocenters. The number of phenols is 2. The summed E-state index contributed by atoms with van der Waals surface area (Å²) in [6, 6.07) is 8.32. The smallest absolute Gasteiger partial charge is 0.165 e. The Labute approximate surface area is 96.8 Å². The minimum Gasteiger partial charge on any atom is -0.507 e. The van der Waals surface area contributed by atoms with Crippen molar-refractivity contribution in [2.45, 2.75) is 0 Å². The molecule has 0 bridgehead atoms. The minimum atomic E-state index is -0.735. The molecule has 17 heavy (non-hydrogen) atoms. The van der Waals surface area contributed by atoms with Gasteiger partial charge in [-0.2, -0.15) is 0 Å². The van der Waals surface area contributed by atoms with Crippen LogP contribution in [0.5, 0.6) is 11.5 Å². The largest absolute Gasteiger partial charge is 0.507 e. The zero-order valence-corrected chi connectivity index (χ0v) is 8.72. The summed E-state index contributed by atoms with van der Waals surface area (Å²) in [6.45, 7) is 0. The fourth-order valence-corrected chi connectivity index (χ4v) is 1.51. The molecule has 0 aliphatic heterocycles. The number of hydrogen-bond acceptors (Lipinski definition) is 3. The molecule has 0 amide bonds. The van der Waals surface area contributed by atoms with Crippen molar-refractivity contribution < 1.29 is 19.4 Å². The van der Waals surface area contributed by atoms with Crippen molar-refractivity contribution in [3.63, 3.8) is 0 Å². The molecule has 3 nitrogen and oxygen atoms in total. The van der Waals surface area contributed by atoms with Gasteiger partial charge in [-0.15, -0.1) is 0 Å². The molecule has 0 saturated heterocycles. The van der Waals surface area contributed by atoms with E-state index >= 15 is 0 Å². The Kier molecular flexibility index (Phi) is 2.78. The molecule has 2 N–H and O–H groups in total. The van der Waals surface area contributed by atoms with Crippen molar-refractivity contribution in [3.8, 4) is 22.6 Å². The first-order valence-corrected chi connectivity index (χ1v) is 4.89. The normalized spacial score (nSPS) is 10.2. The second kappa shape index (κ2) is 4.25. The number of hydrogen-bond donors (Lipinski definition) is 2. The Hall–Kier alpha value is -2.36. The zero-order valence-electron chi connectivity index (χ0n) is 8.72. The summed E-state index contributed by atoms with van der Waals surface area (Å²) in [7, 11) is 0. The van der Waals surface area contributed by atoms with Gasteiger partial charge in [0, 0.05) is 0 Å². The van der Waals surface area contributed by atoms with E-state index in [2.05, 4.69) is 0 Å². The van der Waals surface area contributed by atoms with Crippen LogP contribution in [-0.4, -0.2) is 16.5 Å². The van der Waals surface area contributed by atoms with E-state index in [1.807, 2.05) is 0 Å². The van der Waals surface area contributed by atoms with Crippen LogP contribution in [0.1, 0.15) is 10.4 Å². The van der Waals surface area contributed by atoms with E-state index in [0.29, 0.717) is 17.4 Å². The van der Waals surface area contributed by atoms with Gasteiger partial charge in [0.05, 0.1) is 5.56 Å². The van der Waals surface area contributed by atoms with Crippen LogP contribution in [0.3, 0.4) is 0 Å². The lowest BCUT2D eigenvalue weighted by molar-refractivity contribution is 0.112. The average molecular weight is 232 g/mol. The molecule has 0 aliphatic rings. The van der Waals surface area contributed by atoms with E-state index in [1.165, 1.54) is 24.3 Å². The SMILES string of the molecule is O=Cc1ccc(-c2ccc(O)c(F)c2)cc1O. The second-order valence-electron chi connectivity index (χ2n) is 3.56. The van der Waals surface area contributed by atoms with Gasteiger partial charge >= 0.3 is 0 Å². The third kappa shape index (κ3) is 2.10. The second-order valence-corrected chi connectivity index (χ2v) is 3.56. The Bertz CT molecular complexity index is 579. The van der Waals surface area contributed by atoms with Crippen LogP contribution >= 0.6 is 0 Å². The first kappa shape index (κ1) is 11.1. The first-order chi connectivity index (χ1) is 8.11. The van der Waals surface area contributed by atoms with Gasteiger partial charge < -0.3 is 10.2 Å². The lowest BCUT2D eigenvalue weighted by atomic mass is 10.0. The molecule has 4 heteroatoms. The van der Waals surface area contributed by atoms with Crippen molar-refractivity contribution in [3.05, 3.63) is 47.8 Å². The molecule has 86 valence electrons. The van der Waals surface area contributed by atoms with Crippen LogP contribution in [0.25, 0.3) is 11.1 Å². The van der Waals surface area contributed by atoms with E-state index in [4.69, 9.17) is 5.11 Å². The lowest BCUT2D eigenvalue weighted by Crippen LogP contribution is -1.85. The molecule has 0 unspecified atom stereocenters. The highest BCUT2D eigenvalue weighted by Gasteiger charge is 2.06. The number of halogens is 1. The summed E-state index contributed by atoms with van der Waals surface area (Å²) in [5.74, 6) is -1.32. The van der Waals surface area contributed by atoms with Gasteiger partial charge in [-0.1, -0.05) is 12.1 Å². The summed E-state index contributed by atoms with van der Waals surface area (Å²) in [5, 5.41) is 18.6. The molecular formula is C13H9FO3. The predicted molar refractivity (Wildman–Crippen MR) is 60.6 cm³/mol. The number of phenolic OH excluding ortho intramolecular Hbond substituents is 2. The van der Waals surface area contributed by atoms with Crippen molar-refractivity contribution in [1.82, 2.24) is 0 Å². The Morgan fingerprint density at radius 2 is 1.59 bits per heavy atom. The number of benzene rings is 2. The van der Waals surface area contributed by atoms with Crippen molar-refractivity contribution >= 4 is 6.29 Å². The molecule has 0 fully saturated rings. The van der Waals surface area contributed by atoms with Crippen molar-refractivity contribution in [2.75, 3.05) is 0 Å². The summed E-state index contributed by atoms with van der Waals surface area (Å²) in [6.07, 6.45) is 0.538. The number of aromatic hydroxyl groups is 2. The minimum absolute atomic E-state index is 0.161. The van der Waals surface area contributed by atoms with Crippen LogP contribution in [-0.2, 0) is 0 Å². The Morgan fingerprint density at radius 3 is 2.18 bits per heavy atom. The maximum atomic E-state index is 13.1. The van der Waals surface area contributed by atoms with Gasteiger partial charge in [0.25, 0.3) is 0 Å². The highest BCUT2D eigenvalue weighted by atomic mass is 19.1. The number of carbonyl (C=O) groups excluding carboxylic acids is 1. The van der Waals surface area contributed by atoms with E-state index in [1.54, 1.807) is 6.07 Å². The molecule has 0 radical (unpaired) electrons. The van der Waals surface area contributed by atoms with Gasteiger partial charge in [-0.3, -0.25) is 4.79 Å². The molecule has 2 aromatic carbocycles. The van der Waals surface area contributed by atoms with Crippen LogP contribution in [0.15, 0.2) is 36.4 Å². The predicted octanol–water partition coefficient (Wildman–Crippen LogP) is 2.72. The molecule has 0 spiro atoms. The average Bonchev–Trinajstić information content (AvgIpc) is 2.32. The molecule has 2 aromatic rings. The highest BCUT2D eigenvalue weighted by molar-refractivity contribution is 5.81. The monoisotopic (exact) mass is 232 g/mol. The van der Waals surface area contributed by atoms with Crippen LogP contribution in [0.2, 0.25) is 0 Å². The summed E-state index contributed by atoms with van der Waals surface area (Å²) in [4.78, 5) is 10.5. The Balaban J connectivity index is 2.49. The summed E-state index contributed by atoms with van der Waals surface area (Å²) >= 11 is 0. The molecule has 0 aromatic heterocycles. The summed E-state index contributed by atoms with van der Waals surface area (Å²) in [5.41, 5.74) is 1.24. The maximum Gasteiger partial charge on any atom is 0.165 e. The van der Waals surface area contributed by atoms with E-state index in [-0.39, 0.29) is 11.3 Å². The zero-order chi connectivity index (χ0) is 12.4. The van der Waals surface area contributed by atoms with Crippen LogP contribution < -0.4 is 0 Å². The molecular weight excluding hydrogens is 223 g/mol. The Morgan fingerprint density at radius 1 is 0.941 bits per heavy atom. The molecule has 0 saturated carbocycles. The van der Waals surface area contributed by atoms with Gasteiger partial charge in [-0.05, 0) is 35.4 Å². The van der Waals surface area contributed by atoms with Gasteiger partial charge in [-0.25, -0.2) is 4.39 Å². The number of aldehydes is 1. The van der Waals surface area contributed by atoms with E-state index in [0.717, 1.165) is 6.07 Å². The molecule has 0 heterocycles. The van der Waals surface area contributed by atoms with E-state index in [9.17, 15) is 14.3 Å². The topological polar surface area (TPSA) is 57.5 Å². The fraction of sp³-hybridized carbons (Fsp3) is 0. The third-order valence-electron chi connectivity index (χ3n) is 2.44. The quantitative estimate of drug-likeness (QED) is 0.782. The molecule has 0 aliphatic carbocycles. The summed E-state index contributed by atoms with van der Waals surface area (Å²) < 4.78 is 13.1. The highest BCUT2D eigenvalue weighted by Crippen LogP contribution is 2.28. The van der Waals surface area contributed by atoms with Gasteiger partial charge in [0.1, 0.15) is 5.75 Å². The fourth-order valence-electron chi connectivity index (χ4n) is 1.51. The number of rotatable bonds is 2. The standard InChI is InChI=1S/C13H9FO3/c14-11-5-8(3-4-12(11)16)9-1-2-10(7-15)13(17)6-9/h1-7,16-17H. The van der Waals surface area contributed by atoms with Gasteiger partial charge in [0.2, 0.25) is 0 Å². The lowest BCUT2D eigenvalue weighted by Gasteiger charge is -2.05.